The molecule has 1 aliphatic rings. The second kappa shape index (κ2) is 5.76. The standard InChI is InChI=1S/C12H18N4O3S/c1-15(9-11(17)16-7-2-3-8-16)20(18,19)10-5-4-6-14-12(10)13/h4-6H,2-3,7-9H2,1H3,(H2,13,14). The molecule has 0 unspecified atom stereocenters. The molecule has 1 amide bonds. The second-order valence-electron chi connectivity index (χ2n) is 4.74. The van der Waals surface area contributed by atoms with Crippen molar-refractivity contribution in [3.8, 4) is 0 Å². The van der Waals surface area contributed by atoms with Crippen LogP contribution in [0.2, 0.25) is 0 Å². The van der Waals surface area contributed by atoms with Gasteiger partial charge in [0.25, 0.3) is 0 Å². The summed E-state index contributed by atoms with van der Waals surface area (Å²) in [5.74, 6) is -0.246. The normalized spacial score (nSPS) is 15.8. The highest BCUT2D eigenvalue weighted by atomic mass is 32.2. The van der Waals surface area contributed by atoms with Gasteiger partial charge in [-0.2, -0.15) is 4.31 Å². The molecular formula is C12H18N4O3S. The van der Waals surface area contributed by atoms with Crippen LogP contribution in [-0.2, 0) is 14.8 Å². The highest BCUT2D eigenvalue weighted by Crippen LogP contribution is 2.19. The summed E-state index contributed by atoms with van der Waals surface area (Å²) in [6.45, 7) is 1.21. The van der Waals surface area contributed by atoms with Gasteiger partial charge in [-0.25, -0.2) is 13.4 Å². The summed E-state index contributed by atoms with van der Waals surface area (Å²) in [6.07, 6.45) is 3.36. The van der Waals surface area contributed by atoms with Crippen molar-refractivity contribution >= 4 is 21.7 Å². The first-order valence-electron chi connectivity index (χ1n) is 6.37. The van der Waals surface area contributed by atoms with Gasteiger partial charge in [-0.05, 0) is 25.0 Å². The SMILES string of the molecule is CN(CC(=O)N1CCCC1)S(=O)(=O)c1cccnc1N. The van der Waals surface area contributed by atoms with Crippen molar-refractivity contribution in [3.05, 3.63) is 18.3 Å². The van der Waals surface area contributed by atoms with E-state index in [0.29, 0.717) is 13.1 Å². The summed E-state index contributed by atoms with van der Waals surface area (Å²) in [6, 6.07) is 2.88. The summed E-state index contributed by atoms with van der Waals surface area (Å²) in [5.41, 5.74) is 5.59. The number of rotatable bonds is 4. The number of nitrogen functional groups attached to an aromatic ring is 1. The van der Waals surface area contributed by atoms with Crippen LogP contribution in [0.15, 0.2) is 23.2 Å². The molecule has 0 bridgehead atoms. The predicted molar refractivity (Wildman–Crippen MR) is 74.3 cm³/mol. The van der Waals surface area contributed by atoms with Crippen molar-refractivity contribution < 1.29 is 13.2 Å². The van der Waals surface area contributed by atoms with E-state index in [2.05, 4.69) is 4.98 Å². The molecule has 1 aromatic heterocycles. The van der Waals surface area contributed by atoms with Crippen LogP contribution in [0.4, 0.5) is 5.82 Å². The number of likely N-dealkylation sites (tertiary alicyclic amines) is 1. The highest BCUT2D eigenvalue weighted by Gasteiger charge is 2.28. The van der Waals surface area contributed by atoms with E-state index in [0.717, 1.165) is 17.1 Å². The molecule has 0 aromatic carbocycles. The monoisotopic (exact) mass is 298 g/mol. The molecule has 7 nitrogen and oxygen atoms in total. The van der Waals surface area contributed by atoms with E-state index >= 15 is 0 Å². The summed E-state index contributed by atoms with van der Waals surface area (Å²) in [5, 5.41) is 0. The van der Waals surface area contributed by atoms with Gasteiger partial charge in [-0.1, -0.05) is 0 Å². The molecule has 2 N–H and O–H groups in total. The second-order valence-corrected chi connectivity index (χ2v) is 6.75. The lowest BCUT2D eigenvalue weighted by molar-refractivity contribution is -0.130. The van der Waals surface area contributed by atoms with Crippen LogP contribution in [-0.4, -0.2) is 55.2 Å². The Morgan fingerprint density at radius 3 is 2.70 bits per heavy atom. The zero-order valence-electron chi connectivity index (χ0n) is 11.3. The highest BCUT2D eigenvalue weighted by molar-refractivity contribution is 7.89. The molecular weight excluding hydrogens is 280 g/mol. The fourth-order valence-corrected chi connectivity index (χ4v) is 3.31. The van der Waals surface area contributed by atoms with Gasteiger partial charge in [0.05, 0.1) is 6.54 Å². The zero-order chi connectivity index (χ0) is 14.8. The number of hydrogen-bond donors (Lipinski definition) is 1. The molecule has 0 atom stereocenters. The number of aromatic nitrogens is 1. The zero-order valence-corrected chi connectivity index (χ0v) is 12.1. The fourth-order valence-electron chi connectivity index (χ4n) is 2.13. The Bertz CT molecular complexity index is 596. The Balaban J connectivity index is 2.13. The van der Waals surface area contributed by atoms with Gasteiger partial charge >= 0.3 is 0 Å². The molecule has 0 spiro atoms. The molecule has 1 saturated heterocycles. The number of sulfonamides is 1. The minimum absolute atomic E-state index is 0.0621. The summed E-state index contributed by atoms with van der Waals surface area (Å²) in [7, 11) is -2.43. The third-order valence-electron chi connectivity index (χ3n) is 3.30. The molecule has 20 heavy (non-hydrogen) atoms. The van der Waals surface area contributed by atoms with Crippen molar-refractivity contribution in [3.63, 3.8) is 0 Å². The van der Waals surface area contributed by atoms with Gasteiger partial charge in [0.15, 0.2) is 0 Å². The Hall–Kier alpha value is -1.67. The molecule has 110 valence electrons. The van der Waals surface area contributed by atoms with Gasteiger partial charge in [0.1, 0.15) is 10.7 Å². The topological polar surface area (TPSA) is 96.6 Å². The number of nitrogens with two attached hydrogens (primary N) is 1. The van der Waals surface area contributed by atoms with E-state index in [1.54, 1.807) is 4.90 Å². The average molecular weight is 298 g/mol. The van der Waals surface area contributed by atoms with Crippen LogP contribution in [0.25, 0.3) is 0 Å². The molecule has 2 heterocycles. The average Bonchev–Trinajstić information content (AvgIpc) is 2.92. The van der Waals surface area contributed by atoms with Crippen molar-refractivity contribution in [2.45, 2.75) is 17.7 Å². The molecule has 1 aromatic rings. The predicted octanol–water partition coefficient (Wildman–Crippen LogP) is -0.0933. The van der Waals surface area contributed by atoms with Crippen molar-refractivity contribution in [1.29, 1.82) is 0 Å². The minimum atomic E-state index is -3.80. The van der Waals surface area contributed by atoms with E-state index < -0.39 is 10.0 Å². The lowest BCUT2D eigenvalue weighted by Crippen LogP contribution is -2.40. The Labute approximate surface area is 118 Å². The van der Waals surface area contributed by atoms with Crippen molar-refractivity contribution in [1.82, 2.24) is 14.2 Å². The number of likely N-dealkylation sites (N-methyl/N-ethyl adjacent to an activating group) is 1. The molecule has 0 saturated carbocycles. The van der Waals surface area contributed by atoms with Gasteiger partial charge in [-0.15, -0.1) is 0 Å². The van der Waals surface area contributed by atoms with Gasteiger partial charge in [-0.3, -0.25) is 4.79 Å². The van der Waals surface area contributed by atoms with Gasteiger partial charge < -0.3 is 10.6 Å². The number of amides is 1. The van der Waals surface area contributed by atoms with E-state index in [1.165, 1.54) is 25.4 Å². The molecule has 0 radical (unpaired) electrons. The summed E-state index contributed by atoms with van der Waals surface area (Å²) in [4.78, 5) is 17.4. The lowest BCUT2D eigenvalue weighted by atomic mass is 10.4. The minimum Gasteiger partial charge on any atom is -0.383 e. The quantitative estimate of drug-likeness (QED) is 0.837. The number of pyridine rings is 1. The number of carbonyl (C=O) groups excluding carboxylic acids is 1. The van der Waals surface area contributed by atoms with E-state index in [1.807, 2.05) is 0 Å². The molecule has 1 fully saturated rings. The Kier molecular flexibility index (Phi) is 4.24. The van der Waals surface area contributed by atoms with Crippen LogP contribution in [0.5, 0.6) is 0 Å². The maximum atomic E-state index is 12.3. The van der Waals surface area contributed by atoms with Crippen LogP contribution in [0.3, 0.4) is 0 Å². The number of anilines is 1. The Morgan fingerprint density at radius 1 is 1.45 bits per heavy atom. The van der Waals surface area contributed by atoms with E-state index in [-0.39, 0.29) is 23.2 Å². The lowest BCUT2D eigenvalue weighted by Gasteiger charge is -2.21. The third kappa shape index (κ3) is 2.91. The maximum Gasteiger partial charge on any atom is 0.246 e. The number of carbonyl (C=O) groups is 1. The third-order valence-corrected chi connectivity index (χ3v) is 5.16. The molecule has 1 aliphatic heterocycles. The van der Waals surface area contributed by atoms with Crippen LogP contribution in [0.1, 0.15) is 12.8 Å². The van der Waals surface area contributed by atoms with E-state index in [4.69, 9.17) is 5.73 Å². The number of nitrogens with zero attached hydrogens (tertiary/aromatic N) is 3. The smallest absolute Gasteiger partial charge is 0.246 e. The van der Waals surface area contributed by atoms with Gasteiger partial charge in [0, 0.05) is 26.3 Å². The molecule has 8 heteroatoms. The van der Waals surface area contributed by atoms with Crippen LogP contribution < -0.4 is 5.73 Å². The molecule has 0 aliphatic carbocycles. The van der Waals surface area contributed by atoms with Crippen molar-refractivity contribution in [2.24, 2.45) is 0 Å². The van der Waals surface area contributed by atoms with Crippen molar-refractivity contribution in [2.75, 3.05) is 32.4 Å². The van der Waals surface area contributed by atoms with Crippen LogP contribution in [0, 0.1) is 0 Å². The van der Waals surface area contributed by atoms with E-state index in [9.17, 15) is 13.2 Å². The number of hydrogen-bond acceptors (Lipinski definition) is 5. The van der Waals surface area contributed by atoms with Gasteiger partial charge in [0.2, 0.25) is 15.9 Å². The fraction of sp³-hybridized carbons (Fsp3) is 0.500. The van der Waals surface area contributed by atoms with Crippen LogP contribution >= 0.6 is 0 Å². The summed E-state index contributed by atoms with van der Waals surface area (Å²) < 4.78 is 25.7. The first-order chi connectivity index (χ1) is 9.43. The summed E-state index contributed by atoms with van der Waals surface area (Å²) >= 11 is 0. The largest absolute Gasteiger partial charge is 0.383 e. The maximum absolute atomic E-state index is 12.3. The Morgan fingerprint density at radius 2 is 2.10 bits per heavy atom. The first kappa shape index (κ1) is 14.7. The molecule has 2 rings (SSSR count). The first-order valence-corrected chi connectivity index (χ1v) is 7.81.